The van der Waals surface area contributed by atoms with Gasteiger partial charge >= 0.3 is 0 Å². The zero-order valence-electron chi connectivity index (χ0n) is 16.0. The van der Waals surface area contributed by atoms with Gasteiger partial charge in [-0.15, -0.1) is 24.0 Å². The lowest BCUT2D eigenvalue weighted by Crippen LogP contribution is -2.39. The van der Waals surface area contributed by atoms with Gasteiger partial charge in [0.1, 0.15) is 11.4 Å². The minimum atomic E-state index is -1.13. The summed E-state index contributed by atoms with van der Waals surface area (Å²) in [7, 11) is 0. The Morgan fingerprint density at radius 2 is 2.00 bits per heavy atom. The zero-order chi connectivity index (χ0) is 18.3. The summed E-state index contributed by atoms with van der Waals surface area (Å²) >= 11 is 0. The van der Waals surface area contributed by atoms with E-state index in [2.05, 4.69) is 47.7 Å². The van der Waals surface area contributed by atoms with Gasteiger partial charge in [0, 0.05) is 13.1 Å². The predicted molar refractivity (Wildman–Crippen MR) is 117 cm³/mol. The average Bonchev–Trinajstić information content (AvgIpc) is 3.10. The molecule has 0 saturated carbocycles. The Morgan fingerprint density at radius 1 is 1.23 bits per heavy atom. The van der Waals surface area contributed by atoms with Crippen LogP contribution in [0.2, 0.25) is 0 Å². The molecule has 1 unspecified atom stereocenters. The van der Waals surface area contributed by atoms with E-state index in [1.54, 1.807) is 25.3 Å². The number of nitrogens with one attached hydrogen (secondary N) is 2. The van der Waals surface area contributed by atoms with Gasteiger partial charge in [-0.05, 0) is 57.4 Å². The lowest BCUT2D eigenvalue weighted by Gasteiger charge is -2.19. The predicted octanol–water partition coefficient (Wildman–Crippen LogP) is 3.52. The highest BCUT2D eigenvalue weighted by atomic mass is 127. The first-order valence-electron chi connectivity index (χ1n) is 8.77. The molecule has 0 amide bonds. The number of benzene rings is 1. The van der Waals surface area contributed by atoms with Gasteiger partial charge in [-0.2, -0.15) is 0 Å². The van der Waals surface area contributed by atoms with E-state index in [0.29, 0.717) is 11.7 Å². The summed E-state index contributed by atoms with van der Waals surface area (Å²) in [6.45, 7) is 9.73. The van der Waals surface area contributed by atoms with E-state index in [1.807, 2.05) is 6.92 Å². The molecule has 1 aromatic heterocycles. The first-order valence-corrected chi connectivity index (χ1v) is 8.77. The molecule has 6 heteroatoms. The smallest absolute Gasteiger partial charge is 0.191 e. The first kappa shape index (κ1) is 22.5. The van der Waals surface area contributed by atoms with E-state index < -0.39 is 5.60 Å². The van der Waals surface area contributed by atoms with Crippen LogP contribution in [0.4, 0.5) is 0 Å². The van der Waals surface area contributed by atoms with Crippen molar-refractivity contribution in [1.82, 2.24) is 10.6 Å². The minimum Gasteiger partial charge on any atom is -0.466 e. The lowest BCUT2D eigenvalue weighted by atomic mass is 10.0. The van der Waals surface area contributed by atoms with Crippen molar-refractivity contribution < 1.29 is 9.52 Å². The van der Waals surface area contributed by atoms with Crippen LogP contribution in [-0.2, 0) is 12.0 Å². The van der Waals surface area contributed by atoms with Crippen LogP contribution in [0.15, 0.2) is 46.0 Å². The highest BCUT2D eigenvalue weighted by Gasteiger charge is 2.26. The maximum atomic E-state index is 10.5. The molecule has 0 aliphatic carbocycles. The van der Waals surface area contributed by atoms with E-state index in [0.717, 1.165) is 19.5 Å². The maximum Gasteiger partial charge on any atom is 0.191 e. The van der Waals surface area contributed by atoms with E-state index in [1.165, 1.54) is 16.7 Å². The molecule has 0 spiro atoms. The van der Waals surface area contributed by atoms with Gasteiger partial charge in [0.2, 0.25) is 0 Å². The molecule has 1 atom stereocenters. The maximum absolute atomic E-state index is 10.5. The number of guanidine groups is 1. The van der Waals surface area contributed by atoms with Crippen LogP contribution >= 0.6 is 24.0 Å². The van der Waals surface area contributed by atoms with Crippen molar-refractivity contribution in [2.45, 2.75) is 39.7 Å². The van der Waals surface area contributed by atoms with Crippen LogP contribution in [-0.4, -0.2) is 30.7 Å². The Hall–Kier alpha value is -1.54. The topological polar surface area (TPSA) is 69.8 Å². The van der Waals surface area contributed by atoms with E-state index in [-0.39, 0.29) is 30.5 Å². The summed E-state index contributed by atoms with van der Waals surface area (Å²) in [6, 6.07) is 10.0. The van der Waals surface area contributed by atoms with Gasteiger partial charge in [0.25, 0.3) is 0 Å². The third-order valence-corrected chi connectivity index (χ3v) is 4.13. The quantitative estimate of drug-likeness (QED) is 0.329. The lowest BCUT2D eigenvalue weighted by molar-refractivity contribution is 0.0437. The van der Waals surface area contributed by atoms with Crippen LogP contribution in [0.5, 0.6) is 0 Å². The molecule has 1 aromatic carbocycles. The number of nitrogens with zero attached hydrogens (tertiary/aromatic N) is 1. The van der Waals surface area contributed by atoms with Crippen molar-refractivity contribution in [2.24, 2.45) is 4.99 Å². The molecule has 0 aliphatic rings. The molecule has 3 N–H and O–H groups in total. The summed E-state index contributed by atoms with van der Waals surface area (Å²) in [5.74, 6) is 1.21. The van der Waals surface area contributed by atoms with Crippen LogP contribution in [0.1, 0.15) is 36.3 Å². The molecule has 5 nitrogen and oxygen atoms in total. The molecule has 26 heavy (non-hydrogen) atoms. The molecule has 0 aliphatic heterocycles. The largest absolute Gasteiger partial charge is 0.466 e. The van der Waals surface area contributed by atoms with Gasteiger partial charge < -0.3 is 20.2 Å². The molecule has 0 radical (unpaired) electrons. The molecule has 2 rings (SSSR count). The fourth-order valence-electron chi connectivity index (χ4n) is 2.68. The number of furan rings is 1. The fraction of sp³-hybridized carbons (Fsp3) is 0.450. The van der Waals surface area contributed by atoms with E-state index in [4.69, 9.17) is 4.42 Å². The van der Waals surface area contributed by atoms with Crippen molar-refractivity contribution in [3.8, 4) is 0 Å². The highest BCUT2D eigenvalue weighted by Crippen LogP contribution is 2.21. The Balaban J connectivity index is 0.00000338. The van der Waals surface area contributed by atoms with Crippen LogP contribution in [0, 0.1) is 13.8 Å². The van der Waals surface area contributed by atoms with E-state index >= 15 is 0 Å². The highest BCUT2D eigenvalue weighted by molar-refractivity contribution is 14.0. The molecular formula is C20H30IN3O2. The summed E-state index contributed by atoms with van der Waals surface area (Å²) in [5, 5.41) is 17.0. The van der Waals surface area contributed by atoms with Gasteiger partial charge in [0.05, 0.1) is 12.8 Å². The summed E-state index contributed by atoms with van der Waals surface area (Å²) in [4.78, 5) is 4.49. The second-order valence-corrected chi connectivity index (χ2v) is 6.55. The van der Waals surface area contributed by atoms with Gasteiger partial charge in [-0.3, -0.25) is 0 Å². The number of aliphatic hydroxyl groups is 1. The molecule has 1 heterocycles. The van der Waals surface area contributed by atoms with Crippen LogP contribution in [0.3, 0.4) is 0 Å². The number of halogens is 1. The monoisotopic (exact) mass is 471 g/mol. The summed E-state index contributed by atoms with van der Waals surface area (Å²) in [5.41, 5.74) is 2.80. The molecule has 144 valence electrons. The van der Waals surface area contributed by atoms with Crippen molar-refractivity contribution >= 4 is 29.9 Å². The number of hydrogen-bond donors (Lipinski definition) is 3. The number of hydrogen-bond acceptors (Lipinski definition) is 3. The number of rotatable bonds is 7. The van der Waals surface area contributed by atoms with Crippen LogP contribution < -0.4 is 10.6 Å². The summed E-state index contributed by atoms with van der Waals surface area (Å²) < 4.78 is 5.29. The third kappa shape index (κ3) is 6.64. The number of aliphatic imine (C=N–C) groups is 1. The molecule has 2 aromatic rings. The van der Waals surface area contributed by atoms with Crippen molar-refractivity contribution in [3.05, 3.63) is 59.0 Å². The van der Waals surface area contributed by atoms with Gasteiger partial charge in [0.15, 0.2) is 5.96 Å². The molecular weight excluding hydrogens is 441 g/mol. The molecule has 0 bridgehead atoms. The Morgan fingerprint density at radius 3 is 2.62 bits per heavy atom. The van der Waals surface area contributed by atoms with Crippen molar-refractivity contribution in [2.75, 3.05) is 19.6 Å². The second-order valence-electron chi connectivity index (χ2n) is 6.55. The third-order valence-electron chi connectivity index (χ3n) is 4.13. The Kier molecular flexibility index (Phi) is 9.15. The van der Waals surface area contributed by atoms with E-state index in [9.17, 15) is 5.11 Å². The first-order chi connectivity index (χ1) is 11.9. The fourth-order valence-corrected chi connectivity index (χ4v) is 2.68. The number of aryl methyl sites for hydroxylation is 2. The van der Waals surface area contributed by atoms with Gasteiger partial charge in [-0.1, -0.05) is 23.8 Å². The van der Waals surface area contributed by atoms with Crippen molar-refractivity contribution in [3.63, 3.8) is 0 Å². The normalized spacial score (nSPS) is 13.7. The molecule has 0 fully saturated rings. The standard InChI is InChI=1S/C20H29N3O2.HI/c1-5-21-19(23-14-20(4,24)18-7-6-12-25-18)22-11-10-17-9-8-15(2)13-16(17)3;/h6-9,12-13,24H,5,10-11,14H2,1-4H3,(H2,21,22,23);1H. The van der Waals surface area contributed by atoms with Crippen LogP contribution in [0.25, 0.3) is 0 Å². The Bertz CT molecular complexity index is 697. The zero-order valence-corrected chi connectivity index (χ0v) is 18.3. The minimum absolute atomic E-state index is 0. The Labute approximate surface area is 173 Å². The molecule has 0 saturated heterocycles. The SMILES string of the molecule is CCNC(=NCC(C)(O)c1ccco1)NCCc1ccc(C)cc1C.I. The van der Waals surface area contributed by atoms with Crippen molar-refractivity contribution in [1.29, 1.82) is 0 Å². The average molecular weight is 471 g/mol. The summed E-state index contributed by atoms with van der Waals surface area (Å²) in [6.07, 6.45) is 2.48. The second kappa shape index (κ2) is 10.6. The van der Waals surface area contributed by atoms with Gasteiger partial charge in [-0.25, -0.2) is 4.99 Å².